The van der Waals surface area contributed by atoms with E-state index in [1.807, 2.05) is 0 Å². The molecule has 2 rings (SSSR count). The van der Waals surface area contributed by atoms with Crippen molar-refractivity contribution in [3.05, 3.63) is 57.2 Å². The SMILES string of the molecule is CC(O)c1cccnc1Oc1ccc(Cl)cc1[N+](=O)[O-]. The van der Waals surface area contributed by atoms with Crippen molar-refractivity contribution < 1.29 is 14.8 Å². The predicted molar refractivity (Wildman–Crippen MR) is 73.1 cm³/mol. The number of hydrogen-bond donors (Lipinski definition) is 1. The number of benzene rings is 1. The first-order chi connectivity index (χ1) is 9.49. The van der Waals surface area contributed by atoms with Crippen molar-refractivity contribution in [1.82, 2.24) is 4.98 Å². The molecule has 0 saturated carbocycles. The largest absolute Gasteiger partial charge is 0.431 e. The standard InChI is InChI=1S/C13H11ClN2O4/c1-8(17)10-3-2-6-15-13(10)20-12-5-4-9(14)7-11(12)16(18)19/h2-8,17H,1H3. The van der Waals surface area contributed by atoms with Gasteiger partial charge in [0.2, 0.25) is 11.6 Å². The molecule has 20 heavy (non-hydrogen) atoms. The fraction of sp³-hybridized carbons (Fsp3) is 0.154. The molecule has 6 nitrogen and oxygen atoms in total. The van der Waals surface area contributed by atoms with E-state index in [1.54, 1.807) is 19.1 Å². The van der Waals surface area contributed by atoms with Gasteiger partial charge in [-0.3, -0.25) is 10.1 Å². The average Bonchev–Trinajstić information content (AvgIpc) is 2.41. The lowest BCUT2D eigenvalue weighted by molar-refractivity contribution is -0.385. The number of aromatic nitrogens is 1. The highest BCUT2D eigenvalue weighted by atomic mass is 35.5. The normalized spacial score (nSPS) is 11.9. The summed E-state index contributed by atoms with van der Waals surface area (Å²) in [4.78, 5) is 14.4. The van der Waals surface area contributed by atoms with Crippen LogP contribution in [0.2, 0.25) is 5.02 Å². The minimum absolute atomic E-state index is 0.0139. The Morgan fingerprint density at radius 3 is 2.85 bits per heavy atom. The van der Waals surface area contributed by atoms with Crippen molar-refractivity contribution >= 4 is 17.3 Å². The second-order valence-corrected chi connectivity index (χ2v) is 4.48. The monoisotopic (exact) mass is 294 g/mol. The Morgan fingerprint density at radius 1 is 1.45 bits per heavy atom. The second-order valence-electron chi connectivity index (χ2n) is 4.04. The lowest BCUT2D eigenvalue weighted by atomic mass is 10.2. The predicted octanol–water partition coefficient (Wildman–Crippen LogP) is 3.49. The maximum absolute atomic E-state index is 11.0. The minimum Gasteiger partial charge on any atom is -0.431 e. The van der Waals surface area contributed by atoms with E-state index in [4.69, 9.17) is 16.3 Å². The van der Waals surface area contributed by atoms with E-state index >= 15 is 0 Å². The Kier molecular flexibility index (Phi) is 4.16. The average molecular weight is 295 g/mol. The number of ether oxygens (including phenoxy) is 1. The van der Waals surface area contributed by atoms with Gasteiger partial charge in [-0.25, -0.2) is 4.98 Å². The van der Waals surface area contributed by atoms with Gasteiger partial charge in [0, 0.05) is 22.8 Å². The third kappa shape index (κ3) is 3.04. The van der Waals surface area contributed by atoms with Gasteiger partial charge in [0.1, 0.15) is 0 Å². The molecule has 0 radical (unpaired) electrons. The van der Waals surface area contributed by atoms with Gasteiger partial charge in [-0.1, -0.05) is 11.6 Å². The summed E-state index contributed by atoms with van der Waals surface area (Å²) in [6.45, 7) is 1.56. The number of rotatable bonds is 4. The molecule has 7 heteroatoms. The molecule has 1 unspecified atom stereocenters. The molecule has 0 saturated heterocycles. The molecule has 0 amide bonds. The number of nitro benzene ring substituents is 1. The molecule has 1 N–H and O–H groups in total. The van der Waals surface area contributed by atoms with E-state index in [1.165, 1.54) is 24.4 Å². The van der Waals surface area contributed by atoms with Crippen molar-refractivity contribution in [3.8, 4) is 11.6 Å². The quantitative estimate of drug-likeness (QED) is 0.689. The van der Waals surface area contributed by atoms with E-state index in [0.29, 0.717) is 5.56 Å². The number of aliphatic hydroxyl groups excluding tert-OH is 1. The summed E-state index contributed by atoms with van der Waals surface area (Å²) in [7, 11) is 0. The van der Waals surface area contributed by atoms with E-state index in [2.05, 4.69) is 4.98 Å². The first-order valence-corrected chi connectivity index (χ1v) is 6.11. The van der Waals surface area contributed by atoms with Crippen molar-refractivity contribution in [2.24, 2.45) is 0 Å². The number of halogens is 1. The maximum atomic E-state index is 11.0. The molecule has 1 aromatic carbocycles. The molecule has 104 valence electrons. The number of nitrogens with zero attached hydrogens (tertiary/aromatic N) is 2. The fourth-order valence-electron chi connectivity index (χ4n) is 1.63. The molecule has 0 fully saturated rings. The van der Waals surface area contributed by atoms with E-state index in [-0.39, 0.29) is 22.3 Å². The summed E-state index contributed by atoms with van der Waals surface area (Å²) < 4.78 is 5.45. The number of hydrogen-bond acceptors (Lipinski definition) is 5. The zero-order valence-electron chi connectivity index (χ0n) is 10.5. The highest BCUT2D eigenvalue weighted by Gasteiger charge is 2.19. The summed E-state index contributed by atoms with van der Waals surface area (Å²) in [6.07, 6.45) is 0.674. The van der Waals surface area contributed by atoms with Crippen LogP contribution in [-0.4, -0.2) is 15.0 Å². The van der Waals surface area contributed by atoms with Crippen LogP contribution < -0.4 is 4.74 Å². The molecule has 1 heterocycles. The minimum atomic E-state index is -0.801. The Labute approximate surface area is 119 Å². The summed E-state index contributed by atoms with van der Waals surface area (Å²) in [5.74, 6) is 0.132. The van der Waals surface area contributed by atoms with E-state index in [0.717, 1.165) is 0 Å². The fourth-order valence-corrected chi connectivity index (χ4v) is 1.80. The molecule has 0 aliphatic rings. The van der Waals surface area contributed by atoms with Crippen LogP contribution in [0.4, 0.5) is 5.69 Å². The van der Waals surface area contributed by atoms with Gasteiger partial charge >= 0.3 is 5.69 Å². The third-order valence-corrected chi connectivity index (χ3v) is 2.81. The van der Waals surface area contributed by atoms with Gasteiger partial charge in [0.25, 0.3) is 0 Å². The van der Waals surface area contributed by atoms with Gasteiger partial charge in [0.15, 0.2) is 0 Å². The van der Waals surface area contributed by atoms with Crippen LogP contribution in [0.1, 0.15) is 18.6 Å². The molecule has 1 atom stereocenters. The summed E-state index contributed by atoms with van der Waals surface area (Å²) in [5.41, 5.74) is 0.177. The van der Waals surface area contributed by atoms with E-state index in [9.17, 15) is 15.2 Å². The van der Waals surface area contributed by atoms with Crippen LogP contribution in [0.5, 0.6) is 11.6 Å². The zero-order valence-corrected chi connectivity index (χ0v) is 11.2. The zero-order chi connectivity index (χ0) is 14.7. The molecular weight excluding hydrogens is 284 g/mol. The van der Waals surface area contributed by atoms with Crippen LogP contribution in [0, 0.1) is 10.1 Å². The molecule has 0 bridgehead atoms. The number of pyridine rings is 1. The van der Waals surface area contributed by atoms with Crippen molar-refractivity contribution in [1.29, 1.82) is 0 Å². The first kappa shape index (κ1) is 14.2. The molecule has 1 aromatic heterocycles. The van der Waals surface area contributed by atoms with Gasteiger partial charge in [-0.2, -0.15) is 0 Å². The molecule has 0 aliphatic carbocycles. The van der Waals surface area contributed by atoms with Crippen LogP contribution >= 0.6 is 11.6 Å². The van der Waals surface area contributed by atoms with Crippen LogP contribution in [-0.2, 0) is 0 Å². The molecular formula is C13H11ClN2O4. The van der Waals surface area contributed by atoms with Crippen molar-refractivity contribution in [2.45, 2.75) is 13.0 Å². The Hall–Kier alpha value is -2.18. The molecule has 0 spiro atoms. The van der Waals surface area contributed by atoms with Gasteiger partial charge < -0.3 is 9.84 Å². The molecule has 0 aliphatic heterocycles. The van der Waals surface area contributed by atoms with Crippen molar-refractivity contribution in [2.75, 3.05) is 0 Å². The second kappa shape index (κ2) is 5.85. The van der Waals surface area contributed by atoms with Gasteiger partial charge in [-0.05, 0) is 31.2 Å². The third-order valence-electron chi connectivity index (χ3n) is 2.57. The van der Waals surface area contributed by atoms with Gasteiger partial charge in [-0.15, -0.1) is 0 Å². The van der Waals surface area contributed by atoms with Crippen LogP contribution in [0.15, 0.2) is 36.5 Å². The summed E-state index contributed by atoms with van der Waals surface area (Å²) >= 11 is 5.73. The van der Waals surface area contributed by atoms with Crippen LogP contribution in [0.3, 0.4) is 0 Å². The maximum Gasteiger partial charge on any atom is 0.313 e. The lowest BCUT2D eigenvalue weighted by Gasteiger charge is -2.11. The topological polar surface area (TPSA) is 85.5 Å². The Balaban J connectivity index is 2.43. The Bertz CT molecular complexity index is 646. The van der Waals surface area contributed by atoms with Crippen LogP contribution in [0.25, 0.3) is 0 Å². The number of aliphatic hydroxyl groups is 1. The number of nitro groups is 1. The van der Waals surface area contributed by atoms with Gasteiger partial charge in [0.05, 0.1) is 11.0 Å². The van der Waals surface area contributed by atoms with E-state index < -0.39 is 11.0 Å². The smallest absolute Gasteiger partial charge is 0.313 e. The summed E-state index contributed by atoms with van der Waals surface area (Å²) in [5, 5.41) is 20.8. The lowest BCUT2D eigenvalue weighted by Crippen LogP contribution is -2.00. The highest BCUT2D eigenvalue weighted by molar-refractivity contribution is 6.30. The van der Waals surface area contributed by atoms with Crippen molar-refractivity contribution in [3.63, 3.8) is 0 Å². The Morgan fingerprint density at radius 2 is 2.20 bits per heavy atom. The highest BCUT2D eigenvalue weighted by Crippen LogP contribution is 2.35. The first-order valence-electron chi connectivity index (χ1n) is 5.74. The summed E-state index contributed by atoms with van der Waals surface area (Å²) in [6, 6.07) is 7.34. The molecule has 2 aromatic rings.